The van der Waals surface area contributed by atoms with Gasteiger partial charge in [-0.2, -0.15) is 0 Å². The minimum Gasteiger partial charge on any atom is -0.352 e. The van der Waals surface area contributed by atoms with Gasteiger partial charge < -0.3 is 9.88 Å². The molecule has 3 aromatic rings. The number of thioether (sulfide) groups is 1. The largest absolute Gasteiger partial charge is 0.352 e. The lowest BCUT2D eigenvalue weighted by Crippen LogP contribution is -2.32. The molecule has 1 N–H and O–H groups in total. The van der Waals surface area contributed by atoms with Gasteiger partial charge in [0.05, 0.1) is 5.25 Å². The minimum absolute atomic E-state index is 0.0697. The van der Waals surface area contributed by atoms with Gasteiger partial charge in [-0.1, -0.05) is 70.2 Å². The molecule has 0 spiro atoms. The zero-order valence-electron chi connectivity index (χ0n) is 16.2. The second-order valence-corrected chi connectivity index (χ2v) is 9.47. The zero-order chi connectivity index (χ0) is 20.2. The lowest BCUT2D eigenvalue weighted by atomic mass is 10.1. The number of nitrogens with one attached hydrogen (secondary N) is 1. The van der Waals surface area contributed by atoms with E-state index in [1.807, 2.05) is 37.3 Å². The van der Waals surface area contributed by atoms with Crippen LogP contribution >= 0.6 is 27.7 Å². The molecule has 150 valence electrons. The third-order valence-corrected chi connectivity index (χ3v) is 6.47. The summed E-state index contributed by atoms with van der Waals surface area (Å²) in [5.41, 5.74) is 2.27. The summed E-state index contributed by atoms with van der Waals surface area (Å²) in [7, 11) is 0. The fraction of sp³-hybridized carbons (Fsp3) is 0.318. The zero-order valence-corrected chi connectivity index (χ0v) is 18.6. The van der Waals surface area contributed by atoms with Crippen molar-refractivity contribution < 1.29 is 4.79 Å². The van der Waals surface area contributed by atoms with Gasteiger partial charge in [0.25, 0.3) is 0 Å². The number of hydrogen-bond acceptors (Lipinski definition) is 4. The summed E-state index contributed by atoms with van der Waals surface area (Å²) in [6.45, 7) is 2.68. The quantitative estimate of drug-likeness (QED) is 0.484. The number of rotatable bonds is 8. The first kappa shape index (κ1) is 20.2. The Morgan fingerprint density at radius 2 is 1.90 bits per heavy atom. The Hall–Kier alpha value is -2.12. The van der Waals surface area contributed by atoms with Crippen molar-refractivity contribution in [3.8, 4) is 11.4 Å². The molecular weight excluding hydrogens is 448 g/mol. The van der Waals surface area contributed by atoms with Crippen LogP contribution in [-0.2, 0) is 17.8 Å². The number of aryl methyl sites for hydroxylation is 1. The van der Waals surface area contributed by atoms with Crippen molar-refractivity contribution in [2.24, 2.45) is 0 Å². The smallest absolute Gasteiger partial charge is 0.233 e. The topological polar surface area (TPSA) is 59.8 Å². The van der Waals surface area contributed by atoms with E-state index >= 15 is 0 Å². The molecule has 1 aliphatic carbocycles. The lowest BCUT2D eigenvalue weighted by molar-refractivity contribution is -0.120. The third-order valence-electron chi connectivity index (χ3n) is 4.86. The number of amides is 1. The molecule has 1 aromatic heterocycles. The number of halogens is 1. The van der Waals surface area contributed by atoms with Crippen molar-refractivity contribution >= 4 is 33.6 Å². The summed E-state index contributed by atoms with van der Waals surface area (Å²) < 4.78 is 3.15. The fourth-order valence-corrected chi connectivity index (χ4v) is 4.18. The van der Waals surface area contributed by atoms with Crippen LogP contribution in [0.25, 0.3) is 11.4 Å². The van der Waals surface area contributed by atoms with Crippen LogP contribution in [0.2, 0.25) is 0 Å². The molecule has 1 atom stereocenters. The van der Waals surface area contributed by atoms with Gasteiger partial charge in [0.15, 0.2) is 11.0 Å². The lowest BCUT2D eigenvalue weighted by Gasteiger charge is -2.14. The second kappa shape index (κ2) is 9.13. The van der Waals surface area contributed by atoms with Gasteiger partial charge in [-0.3, -0.25) is 4.79 Å². The Morgan fingerprint density at radius 1 is 1.17 bits per heavy atom. The van der Waals surface area contributed by atoms with Crippen molar-refractivity contribution in [2.75, 3.05) is 0 Å². The Kier molecular flexibility index (Phi) is 6.35. The van der Waals surface area contributed by atoms with Crippen LogP contribution in [0.4, 0.5) is 0 Å². The number of carbonyl (C=O) groups is 1. The van der Waals surface area contributed by atoms with Crippen molar-refractivity contribution in [3.63, 3.8) is 0 Å². The number of hydrogen-bond donors (Lipinski definition) is 1. The maximum Gasteiger partial charge on any atom is 0.233 e. The second-order valence-electron chi connectivity index (χ2n) is 7.24. The maximum atomic E-state index is 12.4. The van der Waals surface area contributed by atoms with Crippen LogP contribution in [-0.4, -0.2) is 32.0 Å². The molecular formula is C22H23BrN4OS. The van der Waals surface area contributed by atoms with Crippen LogP contribution in [0.1, 0.15) is 25.3 Å². The molecule has 1 amide bonds. The Balaban J connectivity index is 1.57. The van der Waals surface area contributed by atoms with E-state index in [1.165, 1.54) is 17.3 Å². The summed E-state index contributed by atoms with van der Waals surface area (Å²) in [6, 6.07) is 18.8. The van der Waals surface area contributed by atoms with Gasteiger partial charge in [-0.05, 0) is 43.9 Å². The third kappa shape index (κ3) is 5.28. The molecule has 7 heteroatoms. The van der Waals surface area contributed by atoms with Crippen LogP contribution in [0.15, 0.2) is 64.2 Å². The molecule has 0 bridgehead atoms. The fourth-order valence-electron chi connectivity index (χ4n) is 3.03. The van der Waals surface area contributed by atoms with Crippen LogP contribution < -0.4 is 5.32 Å². The van der Waals surface area contributed by atoms with Crippen molar-refractivity contribution in [2.45, 2.75) is 49.2 Å². The average Bonchev–Trinajstić information content (AvgIpc) is 3.46. The molecule has 1 fully saturated rings. The van der Waals surface area contributed by atoms with Gasteiger partial charge in [-0.25, -0.2) is 0 Å². The molecule has 0 aliphatic heterocycles. The standard InChI is InChI=1S/C22H23BrN4OS/c1-15(21(28)24-19-11-12-19)29-22-26-25-20(17-7-9-18(23)10-8-17)27(22)14-13-16-5-3-2-4-6-16/h2-10,15,19H,11-14H2,1H3,(H,24,28). The SMILES string of the molecule is CC(Sc1nnc(-c2ccc(Br)cc2)n1CCc1ccccc1)C(=O)NC1CC1. The monoisotopic (exact) mass is 470 g/mol. The van der Waals surface area contributed by atoms with E-state index in [0.717, 1.165) is 46.8 Å². The van der Waals surface area contributed by atoms with Gasteiger partial charge in [0, 0.05) is 22.6 Å². The Morgan fingerprint density at radius 3 is 2.59 bits per heavy atom. The number of carbonyl (C=O) groups excluding carboxylic acids is 1. The van der Waals surface area contributed by atoms with E-state index in [0.29, 0.717) is 6.04 Å². The van der Waals surface area contributed by atoms with Gasteiger partial charge in [0.2, 0.25) is 5.91 Å². The molecule has 0 radical (unpaired) electrons. The summed E-state index contributed by atoms with van der Waals surface area (Å²) >= 11 is 4.95. The minimum atomic E-state index is -0.215. The Bertz CT molecular complexity index is 970. The average molecular weight is 471 g/mol. The van der Waals surface area contributed by atoms with E-state index in [2.05, 4.69) is 60.3 Å². The highest BCUT2D eigenvalue weighted by atomic mass is 79.9. The van der Waals surface area contributed by atoms with E-state index in [9.17, 15) is 4.79 Å². The highest BCUT2D eigenvalue weighted by Gasteiger charge is 2.27. The molecule has 5 nitrogen and oxygen atoms in total. The van der Waals surface area contributed by atoms with Crippen LogP contribution in [0, 0.1) is 0 Å². The van der Waals surface area contributed by atoms with Crippen molar-refractivity contribution in [3.05, 3.63) is 64.6 Å². The maximum absolute atomic E-state index is 12.4. The predicted octanol–water partition coefficient (Wildman–Crippen LogP) is 4.71. The van der Waals surface area contributed by atoms with E-state index in [-0.39, 0.29) is 11.2 Å². The molecule has 0 saturated heterocycles. The highest BCUT2D eigenvalue weighted by Crippen LogP contribution is 2.29. The molecule has 29 heavy (non-hydrogen) atoms. The van der Waals surface area contributed by atoms with E-state index in [1.54, 1.807) is 0 Å². The summed E-state index contributed by atoms with van der Waals surface area (Å²) in [6.07, 6.45) is 3.05. The summed E-state index contributed by atoms with van der Waals surface area (Å²) in [5, 5.41) is 12.5. The summed E-state index contributed by atoms with van der Waals surface area (Å²) in [5.74, 6) is 0.894. The van der Waals surface area contributed by atoms with Gasteiger partial charge in [-0.15, -0.1) is 10.2 Å². The Labute approximate surface area is 183 Å². The number of benzene rings is 2. The van der Waals surface area contributed by atoms with Gasteiger partial charge in [0.1, 0.15) is 0 Å². The van der Waals surface area contributed by atoms with E-state index in [4.69, 9.17) is 0 Å². The molecule has 1 aliphatic rings. The van der Waals surface area contributed by atoms with Gasteiger partial charge >= 0.3 is 0 Å². The highest BCUT2D eigenvalue weighted by molar-refractivity contribution is 9.10. The first-order valence-corrected chi connectivity index (χ1v) is 11.5. The number of nitrogens with zero attached hydrogens (tertiary/aromatic N) is 3. The van der Waals surface area contributed by atoms with E-state index < -0.39 is 0 Å². The number of aromatic nitrogens is 3. The first-order chi connectivity index (χ1) is 14.1. The van der Waals surface area contributed by atoms with Crippen LogP contribution in [0.5, 0.6) is 0 Å². The molecule has 1 unspecified atom stereocenters. The predicted molar refractivity (Wildman–Crippen MR) is 120 cm³/mol. The molecule has 1 heterocycles. The van der Waals surface area contributed by atoms with Crippen molar-refractivity contribution in [1.82, 2.24) is 20.1 Å². The molecule has 2 aromatic carbocycles. The van der Waals surface area contributed by atoms with Crippen molar-refractivity contribution in [1.29, 1.82) is 0 Å². The normalized spacial score (nSPS) is 14.6. The molecule has 4 rings (SSSR count). The summed E-state index contributed by atoms with van der Waals surface area (Å²) in [4.78, 5) is 12.4. The first-order valence-electron chi connectivity index (χ1n) is 9.80. The van der Waals surface area contributed by atoms with Crippen LogP contribution in [0.3, 0.4) is 0 Å². The molecule has 1 saturated carbocycles.